The third-order valence-electron chi connectivity index (χ3n) is 3.71. The average molecular weight is 384 g/mol. The summed E-state index contributed by atoms with van der Waals surface area (Å²) in [4.78, 5) is 0. The number of rotatable bonds is 5. The highest BCUT2D eigenvalue weighted by Crippen LogP contribution is 2.26. The summed E-state index contributed by atoms with van der Waals surface area (Å²) in [6.45, 7) is 0.389. The molecule has 0 bridgehead atoms. The minimum absolute atomic E-state index is 0.389. The highest BCUT2D eigenvalue weighted by molar-refractivity contribution is 7.18. The van der Waals surface area contributed by atoms with Crippen molar-refractivity contribution in [3.63, 3.8) is 0 Å². The SMILES string of the molecule is Nn1c(CNc2nnc(-c3ccccc3)s2)nnc1-c1ccc(Cl)cc1. The van der Waals surface area contributed by atoms with E-state index in [0.717, 1.165) is 16.1 Å². The van der Waals surface area contributed by atoms with Gasteiger partial charge in [0.05, 0.1) is 6.54 Å². The molecule has 0 aliphatic carbocycles. The maximum absolute atomic E-state index is 6.12. The highest BCUT2D eigenvalue weighted by Gasteiger charge is 2.13. The molecule has 130 valence electrons. The summed E-state index contributed by atoms with van der Waals surface area (Å²) in [6, 6.07) is 17.2. The fourth-order valence-electron chi connectivity index (χ4n) is 2.39. The Bertz CT molecular complexity index is 1010. The number of nitrogen functional groups attached to an aromatic ring is 1. The molecular formula is C17H14ClN7S. The van der Waals surface area contributed by atoms with Crippen molar-refractivity contribution in [2.24, 2.45) is 0 Å². The van der Waals surface area contributed by atoms with E-state index in [0.29, 0.717) is 28.3 Å². The molecule has 0 aliphatic heterocycles. The van der Waals surface area contributed by atoms with Crippen LogP contribution in [0.5, 0.6) is 0 Å². The Morgan fingerprint density at radius 1 is 0.923 bits per heavy atom. The van der Waals surface area contributed by atoms with E-state index in [9.17, 15) is 0 Å². The lowest BCUT2D eigenvalue weighted by atomic mass is 10.2. The van der Waals surface area contributed by atoms with E-state index in [1.54, 1.807) is 12.1 Å². The van der Waals surface area contributed by atoms with Gasteiger partial charge in [-0.15, -0.1) is 20.4 Å². The first kappa shape index (κ1) is 16.5. The van der Waals surface area contributed by atoms with Gasteiger partial charge in [-0.3, -0.25) is 0 Å². The fourth-order valence-corrected chi connectivity index (χ4v) is 3.26. The van der Waals surface area contributed by atoms with Crippen LogP contribution in [-0.4, -0.2) is 25.1 Å². The molecule has 0 saturated carbocycles. The van der Waals surface area contributed by atoms with Crippen molar-refractivity contribution in [2.75, 3.05) is 11.2 Å². The van der Waals surface area contributed by atoms with Crippen LogP contribution < -0.4 is 11.2 Å². The largest absolute Gasteiger partial charge is 0.353 e. The second-order valence-electron chi connectivity index (χ2n) is 5.45. The van der Waals surface area contributed by atoms with Gasteiger partial charge in [-0.25, -0.2) is 4.68 Å². The van der Waals surface area contributed by atoms with Crippen molar-refractivity contribution >= 4 is 28.1 Å². The van der Waals surface area contributed by atoms with Gasteiger partial charge < -0.3 is 11.2 Å². The zero-order valence-corrected chi connectivity index (χ0v) is 15.1. The van der Waals surface area contributed by atoms with Gasteiger partial charge in [0.2, 0.25) is 5.13 Å². The van der Waals surface area contributed by atoms with Crippen LogP contribution >= 0.6 is 22.9 Å². The molecule has 2 heterocycles. The van der Waals surface area contributed by atoms with E-state index in [1.807, 2.05) is 42.5 Å². The quantitative estimate of drug-likeness (QED) is 0.512. The number of aromatic nitrogens is 5. The van der Waals surface area contributed by atoms with Gasteiger partial charge in [-0.05, 0) is 24.3 Å². The Hall–Kier alpha value is -2.97. The minimum atomic E-state index is 0.389. The summed E-state index contributed by atoms with van der Waals surface area (Å²) >= 11 is 7.38. The van der Waals surface area contributed by atoms with Crippen LogP contribution in [0.2, 0.25) is 5.02 Å². The molecule has 0 amide bonds. The van der Waals surface area contributed by atoms with Gasteiger partial charge in [0.15, 0.2) is 11.6 Å². The zero-order chi connectivity index (χ0) is 17.9. The van der Waals surface area contributed by atoms with Crippen molar-refractivity contribution in [1.82, 2.24) is 25.1 Å². The second-order valence-corrected chi connectivity index (χ2v) is 6.86. The van der Waals surface area contributed by atoms with Crippen molar-refractivity contribution in [2.45, 2.75) is 6.54 Å². The number of hydrogen-bond acceptors (Lipinski definition) is 7. The molecule has 4 aromatic rings. The third-order valence-corrected chi connectivity index (χ3v) is 4.89. The molecule has 0 fully saturated rings. The number of benzene rings is 2. The maximum Gasteiger partial charge on any atom is 0.206 e. The number of halogens is 1. The van der Waals surface area contributed by atoms with Crippen LogP contribution in [0.15, 0.2) is 54.6 Å². The van der Waals surface area contributed by atoms with Crippen molar-refractivity contribution in [3.05, 3.63) is 65.4 Å². The summed E-state index contributed by atoms with van der Waals surface area (Å²) in [5.41, 5.74) is 1.88. The third kappa shape index (κ3) is 3.37. The van der Waals surface area contributed by atoms with Crippen molar-refractivity contribution < 1.29 is 0 Å². The first-order chi connectivity index (χ1) is 12.7. The average Bonchev–Trinajstić information content (AvgIpc) is 3.29. The van der Waals surface area contributed by atoms with E-state index in [2.05, 4.69) is 25.7 Å². The second kappa shape index (κ2) is 7.11. The monoisotopic (exact) mass is 383 g/mol. The predicted octanol–water partition coefficient (Wildman–Crippen LogP) is 3.44. The number of nitrogens with zero attached hydrogens (tertiary/aromatic N) is 5. The fraction of sp³-hybridized carbons (Fsp3) is 0.0588. The molecule has 7 nitrogen and oxygen atoms in total. The summed E-state index contributed by atoms with van der Waals surface area (Å²) in [5.74, 6) is 7.28. The number of hydrogen-bond donors (Lipinski definition) is 2. The van der Waals surface area contributed by atoms with E-state index in [1.165, 1.54) is 16.0 Å². The first-order valence-electron chi connectivity index (χ1n) is 7.79. The highest BCUT2D eigenvalue weighted by atomic mass is 35.5. The minimum Gasteiger partial charge on any atom is -0.353 e. The summed E-state index contributed by atoms with van der Waals surface area (Å²) in [5, 5.41) is 22.0. The Balaban J connectivity index is 1.47. The van der Waals surface area contributed by atoms with Crippen LogP contribution in [0.4, 0.5) is 5.13 Å². The smallest absolute Gasteiger partial charge is 0.206 e. The molecule has 3 N–H and O–H groups in total. The van der Waals surface area contributed by atoms with Crippen molar-refractivity contribution in [1.29, 1.82) is 0 Å². The molecule has 0 saturated heterocycles. The Morgan fingerprint density at radius 3 is 2.46 bits per heavy atom. The molecule has 0 spiro atoms. The van der Waals surface area contributed by atoms with Gasteiger partial charge in [0, 0.05) is 16.1 Å². The molecule has 0 radical (unpaired) electrons. The summed E-state index contributed by atoms with van der Waals surface area (Å²) in [7, 11) is 0. The van der Waals surface area contributed by atoms with Gasteiger partial charge in [-0.2, -0.15) is 0 Å². The van der Waals surface area contributed by atoms with Crippen LogP contribution in [0.25, 0.3) is 22.0 Å². The number of nitrogens with one attached hydrogen (secondary N) is 1. The summed E-state index contributed by atoms with van der Waals surface area (Å²) < 4.78 is 1.45. The molecule has 0 aliphatic rings. The van der Waals surface area contributed by atoms with Gasteiger partial charge >= 0.3 is 0 Å². The zero-order valence-electron chi connectivity index (χ0n) is 13.5. The molecule has 4 rings (SSSR count). The lowest BCUT2D eigenvalue weighted by Gasteiger charge is -2.04. The first-order valence-corrected chi connectivity index (χ1v) is 8.98. The topological polar surface area (TPSA) is 94.5 Å². The van der Waals surface area contributed by atoms with E-state index in [-0.39, 0.29) is 0 Å². The molecule has 9 heteroatoms. The van der Waals surface area contributed by atoms with Gasteiger partial charge in [-0.1, -0.05) is 53.3 Å². The maximum atomic E-state index is 6.12. The number of nitrogens with two attached hydrogens (primary N) is 1. The molecule has 0 atom stereocenters. The molecule has 0 unspecified atom stereocenters. The van der Waals surface area contributed by atoms with Gasteiger partial charge in [0.1, 0.15) is 5.01 Å². The Kier molecular flexibility index (Phi) is 4.51. The Labute approximate surface area is 158 Å². The lowest BCUT2D eigenvalue weighted by molar-refractivity contribution is 0.861. The normalized spacial score (nSPS) is 10.8. The number of anilines is 1. The van der Waals surface area contributed by atoms with Crippen LogP contribution in [0.3, 0.4) is 0 Å². The van der Waals surface area contributed by atoms with E-state index >= 15 is 0 Å². The summed E-state index contributed by atoms with van der Waals surface area (Å²) in [6.07, 6.45) is 0. The van der Waals surface area contributed by atoms with Crippen LogP contribution in [0.1, 0.15) is 5.82 Å². The molecule has 2 aromatic carbocycles. The standard InChI is InChI=1S/C17H14ClN7S/c18-13-8-6-11(7-9-13)15-22-21-14(25(15)19)10-20-17-24-23-16(26-17)12-4-2-1-3-5-12/h1-9H,10,19H2,(H,20,24). The van der Waals surface area contributed by atoms with Crippen LogP contribution in [0, 0.1) is 0 Å². The molecule has 26 heavy (non-hydrogen) atoms. The molecular weight excluding hydrogens is 370 g/mol. The predicted molar refractivity (Wildman–Crippen MR) is 103 cm³/mol. The van der Waals surface area contributed by atoms with Crippen molar-refractivity contribution in [3.8, 4) is 22.0 Å². The van der Waals surface area contributed by atoms with E-state index < -0.39 is 0 Å². The van der Waals surface area contributed by atoms with E-state index in [4.69, 9.17) is 17.4 Å². The molecule has 2 aromatic heterocycles. The Morgan fingerprint density at radius 2 is 1.69 bits per heavy atom. The van der Waals surface area contributed by atoms with Crippen LogP contribution in [-0.2, 0) is 6.54 Å². The van der Waals surface area contributed by atoms with Gasteiger partial charge in [0.25, 0.3) is 0 Å². The lowest BCUT2D eigenvalue weighted by Crippen LogP contribution is -2.16.